The molecule has 0 fully saturated rings. The highest BCUT2D eigenvalue weighted by Crippen LogP contribution is 2.14. The Labute approximate surface area is 114 Å². The van der Waals surface area contributed by atoms with Gasteiger partial charge >= 0.3 is 5.69 Å². The van der Waals surface area contributed by atoms with Gasteiger partial charge in [0.15, 0.2) is 0 Å². The third kappa shape index (κ3) is 2.09. The summed E-state index contributed by atoms with van der Waals surface area (Å²) in [7, 11) is 0. The predicted molar refractivity (Wildman–Crippen MR) is 77.7 cm³/mol. The molecule has 0 radical (unpaired) electrons. The molecule has 1 aromatic heterocycles. The van der Waals surface area contributed by atoms with Crippen LogP contribution in [-0.2, 0) is 6.42 Å². The molecule has 3 N–H and O–H groups in total. The third-order valence-corrected chi connectivity index (χ3v) is 3.15. The normalized spacial score (nSPS) is 10.8. The molecule has 3 rings (SSSR count). The lowest BCUT2D eigenvalue weighted by Crippen LogP contribution is -2.25. The van der Waals surface area contributed by atoms with Gasteiger partial charge in [-0.25, -0.2) is 9.36 Å². The Bertz CT molecular complexity index is 831. The number of hydrogen-bond acceptors (Lipinski definition) is 3. The molecule has 5 heteroatoms. The SMILES string of the molecule is Nc1ccc2[nH]c(=O)n(C(=O)Cc3ccccc3)c2c1. The van der Waals surface area contributed by atoms with E-state index >= 15 is 0 Å². The second-order valence-corrected chi connectivity index (χ2v) is 4.60. The lowest BCUT2D eigenvalue weighted by Gasteiger charge is -2.03. The van der Waals surface area contributed by atoms with Crippen molar-refractivity contribution in [2.45, 2.75) is 6.42 Å². The van der Waals surface area contributed by atoms with Crippen LogP contribution in [0.3, 0.4) is 0 Å². The molecule has 0 amide bonds. The largest absolute Gasteiger partial charge is 0.399 e. The molecule has 0 saturated carbocycles. The monoisotopic (exact) mass is 267 g/mol. The molecule has 0 unspecified atom stereocenters. The minimum absolute atomic E-state index is 0.169. The second kappa shape index (κ2) is 4.70. The molecule has 3 aromatic rings. The summed E-state index contributed by atoms with van der Waals surface area (Å²) in [4.78, 5) is 26.9. The van der Waals surface area contributed by atoms with Crippen LogP contribution in [0.1, 0.15) is 10.4 Å². The number of anilines is 1. The number of aromatic nitrogens is 2. The molecule has 0 spiro atoms. The first-order chi connectivity index (χ1) is 9.65. The van der Waals surface area contributed by atoms with Crippen LogP contribution in [0.2, 0.25) is 0 Å². The van der Waals surface area contributed by atoms with Crippen LogP contribution in [0.15, 0.2) is 53.3 Å². The first kappa shape index (κ1) is 12.2. The van der Waals surface area contributed by atoms with Gasteiger partial charge in [-0.2, -0.15) is 0 Å². The van der Waals surface area contributed by atoms with Crippen molar-refractivity contribution in [1.82, 2.24) is 9.55 Å². The zero-order valence-electron chi connectivity index (χ0n) is 10.7. The van der Waals surface area contributed by atoms with E-state index in [0.717, 1.165) is 10.1 Å². The van der Waals surface area contributed by atoms with E-state index in [1.807, 2.05) is 30.3 Å². The molecule has 0 aliphatic carbocycles. The van der Waals surface area contributed by atoms with Gasteiger partial charge in [0.2, 0.25) is 5.91 Å². The van der Waals surface area contributed by atoms with Gasteiger partial charge in [-0.05, 0) is 23.8 Å². The standard InChI is InChI=1S/C15H13N3O2/c16-11-6-7-12-13(9-11)18(15(20)17-12)14(19)8-10-4-2-1-3-5-10/h1-7,9H,8,16H2,(H,17,20). The van der Waals surface area contributed by atoms with Crippen molar-refractivity contribution >= 4 is 22.6 Å². The molecule has 0 atom stereocenters. The van der Waals surface area contributed by atoms with Gasteiger partial charge < -0.3 is 10.7 Å². The average Bonchev–Trinajstić information content (AvgIpc) is 2.75. The van der Waals surface area contributed by atoms with E-state index in [1.165, 1.54) is 0 Å². The van der Waals surface area contributed by atoms with Crippen LogP contribution in [0.5, 0.6) is 0 Å². The van der Waals surface area contributed by atoms with Crippen LogP contribution in [0.4, 0.5) is 5.69 Å². The summed E-state index contributed by atoms with van der Waals surface area (Å²) in [6, 6.07) is 14.3. The van der Waals surface area contributed by atoms with Crippen molar-refractivity contribution in [2.75, 3.05) is 5.73 Å². The van der Waals surface area contributed by atoms with Gasteiger partial charge in [0.25, 0.3) is 0 Å². The summed E-state index contributed by atoms with van der Waals surface area (Å²) in [6.45, 7) is 0. The minimum atomic E-state index is -0.438. The summed E-state index contributed by atoms with van der Waals surface area (Å²) < 4.78 is 1.14. The molecule has 0 bridgehead atoms. The van der Waals surface area contributed by atoms with Crippen molar-refractivity contribution in [3.05, 3.63) is 64.6 Å². The first-order valence-corrected chi connectivity index (χ1v) is 6.22. The smallest absolute Gasteiger partial charge is 0.333 e. The van der Waals surface area contributed by atoms with E-state index < -0.39 is 5.69 Å². The van der Waals surface area contributed by atoms with Crippen LogP contribution in [0.25, 0.3) is 11.0 Å². The van der Waals surface area contributed by atoms with Gasteiger partial charge in [0.1, 0.15) is 0 Å². The van der Waals surface area contributed by atoms with Crippen molar-refractivity contribution in [3.8, 4) is 0 Å². The summed E-state index contributed by atoms with van der Waals surface area (Å²) in [5.41, 5.74) is 7.76. The molecule has 100 valence electrons. The first-order valence-electron chi connectivity index (χ1n) is 6.22. The highest BCUT2D eigenvalue weighted by molar-refractivity contribution is 5.92. The quantitative estimate of drug-likeness (QED) is 0.695. The number of imidazole rings is 1. The summed E-state index contributed by atoms with van der Waals surface area (Å²) in [5, 5.41) is 0. The Morgan fingerprint density at radius 1 is 1.15 bits per heavy atom. The lowest BCUT2D eigenvalue weighted by atomic mass is 10.1. The topological polar surface area (TPSA) is 80.9 Å². The number of nitrogens with two attached hydrogens (primary N) is 1. The highest BCUT2D eigenvalue weighted by Gasteiger charge is 2.14. The van der Waals surface area contributed by atoms with Crippen molar-refractivity contribution < 1.29 is 4.79 Å². The number of H-pyrrole nitrogens is 1. The number of nitrogens with zero attached hydrogens (tertiary/aromatic N) is 1. The Morgan fingerprint density at radius 2 is 1.90 bits per heavy atom. The average molecular weight is 267 g/mol. The molecule has 0 aliphatic heterocycles. The molecule has 0 aliphatic rings. The zero-order chi connectivity index (χ0) is 14.1. The fourth-order valence-corrected chi connectivity index (χ4v) is 2.22. The number of nitrogens with one attached hydrogen (secondary N) is 1. The van der Waals surface area contributed by atoms with E-state index in [1.54, 1.807) is 18.2 Å². The molecule has 20 heavy (non-hydrogen) atoms. The van der Waals surface area contributed by atoms with Crippen LogP contribution >= 0.6 is 0 Å². The van der Waals surface area contributed by atoms with Gasteiger partial charge in [0.05, 0.1) is 17.5 Å². The van der Waals surface area contributed by atoms with Crippen molar-refractivity contribution in [3.63, 3.8) is 0 Å². The number of fused-ring (bicyclic) bond motifs is 1. The number of carbonyl (C=O) groups is 1. The predicted octanol–water partition coefficient (Wildman–Crippen LogP) is 1.79. The maximum Gasteiger partial charge on any atom is 0.333 e. The summed E-state index contributed by atoms with van der Waals surface area (Å²) >= 11 is 0. The van der Waals surface area contributed by atoms with E-state index in [9.17, 15) is 9.59 Å². The second-order valence-electron chi connectivity index (χ2n) is 4.60. The Kier molecular flexibility index (Phi) is 2.87. The number of aromatic amines is 1. The van der Waals surface area contributed by atoms with E-state index in [2.05, 4.69) is 4.98 Å². The molecular weight excluding hydrogens is 254 g/mol. The number of carbonyl (C=O) groups excluding carboxylic acids is 1. The fourth-order valence-electron chi connectivity index (χ4n) is 2.22. The van der Waals surface area contributed by atoms with Gasteiger partial charge in [0, 0.05) is 5.69 Å². The molecule has 2 aromatic carbocycles. The minimum Gasteiger partial charge on any atom is -0.399 e. The maximum atomic E-state index is 12.3. The lowest BCUT2D eigenvalue weighted by molar-refractivity contribution is 0.0915. The number of hydrogen-bond donors (Lipinski definition) is 2. The number of benzene rings is 2. The molecule has 1 heterocycles. The van der Waals surface area contributed by atoms with Crippen LogP contribution in [-0.4, -0.2) is 15.5 Å². The van der Waals surface area contributed by atoms with Gasteiger partial charge in [-0.3, -0.25) is 4.79 Å². The van der Waals surface area contributed by atoms with Crippen LogP contribution < -0.4 is 11.4 Å². The molecular formula is C15H13N3O2. The van der Waals surface area contributed by atoms with Gasteiger partial charge in [-0.15, -0.1) is 0 Å². The maximum absolute atomic E-state index is 12.3. The van der Waals surface area contributed by atoms with Crippen LogP contribution in [0, 0.1) is 0 Å². The summed E-state index contributed by atoms with van der Waals surface area (Å²) in [6.07, 6.45) is 0.169. The van der Waals surface area contributed by atoms with Crippen molar-refractivity contribution in [1.29, 1.82) is 0 Å². The Balaban J connectivity index is 2.05. The van der Waals surface area contributed by atoms with E-state index in [0.29, 0.717) is 16.7 Å². The van der Waals surface area contributed by atoms with Gasteiger partial charge in [-0.1, -0.05) is 30.3 Å². The third-order valence-electron chi connectivity index (χ3n) is 3.15. The summed E-state index contributed by atoms with van der Waals surface area (Å²) in [5.74, 6) is -0.280. The molecule has 0 saturated heterocycles. The fraction of sp³-hybridized carbons (Fsp3) is 0.0667. The number of nitrogen functional groups attached to an aromatic ring is 1. The van der Waals surface area contributed by atoms with Crippen molar-refractivity contribution in [2.24, 2.45) is 0 Å². The number of rotatable bonds is 2. The molecule has 5 nitrogen and oxygen atoms in total. The Morgan fingerprint density at radius 3 is 2.65 bits per heavy atom. The highest BCUT2D eigenvalue weighted by atomic mass is 16.2. The van der Waals surface area contributed by atoms with E-state index in [-0.39, 0.29) is 12.3 Å². The Hall–Kier alpha value is -2.82. The van der Waals surface area contributed by atoms with E-state index in [4.69, 9.17) is 5.73 Å². The zero-order valence-corrected chi connectivity index (χ0v) is 10.7.